The number of methoxy groups -OCH3 is 1. The zero-order valence-electron chi connectivity index (χ0n) is 15.3. The van der Waals surface area contributed by atoms with E-state index < -0.39 is 11.7 Å². The Morgan fingerprint density at radius 3 is 2.82 bits per heavy atom. The molecule has 0 radical (unpaired) electrons. The Bertz CT molecular complexity index is 829. The minimum absolute atomic E-state index is 0.0877. The van der Waals surface area contributed by atoms with Gasteiger partial charge < -0.3 is 14.4 Å². The van der Waals surface area contributed by atoms with Gasteiger partial charge in [0.25, 0.3) is 0 Å². The number of ether oxygens (including phenoxy) is 2. The molecule has 2 aromatic rings. The van der Waals surface area contributed by atoms with E-state index in [2.05, 4.69) is 9.97 Å². The summed E-state index contributed by atoms with van der Waals surface area (Å²) < 4.78 is 49.3. The van der Waals surface area contributed by atoms with E-state index >= 15 is 0 Å². The van der Waals surface area contributed by atoms with Crippen molar-refractivity contribution < 1.29 is 27.4 Å². The van der Waals surface area contributed by atoms with Crippen molar-refractivity contribution >= 4 is 5.91 Å². The number of carbonyl (C=O) groups is 1. The summed E-state index contributed by atoms with van der Waals surface area (Å²) in [6.07, 6.45) is -0.385. The molecule has 6 nitrogen and oxygen atoms in total. The Labute approximate surface area is 160 Å². The van der Waals surface area contributed by atoms with Crippen molar-refractivity contribution in [2.24, 2.45) is 0 Å². The molecule has 1 aromatic carbocycles. The summed E-state index contributed by atoms with van der Waals surface area (Å²) in [5.74, 6) is 0.395. The van der Waals surface area contributed by atoms with Gasteiger partial charge in [-0.05, 0) is 24.5 Å². The molecular weight excluding hydrogens is 375 g/mol. The van der Waals surface area contributed by atoms with Gasteiger partial charge in [0.1, 0.15) is 6.10 Å². The number of benzene rings is 1. The third-order valence-electron chi connectivity index (χ3n) is 4.43. The number of rotatable bonds is 5. The Morgan fingerprint density at radius 2 is 2.07 bits per heavy atom. The lowest BCUT2D eigenvalue weighted by atomic mass is 10.0. The zero-order valence-corrected chi connectivity index (χ0v) is 15.3. The monoisotopic (exact) mass is 395 g/mol. The highest BCUT2D eigenvalue weighted by Gasteiger charge is 2.31. The third-order valence-corrected chi connectivity index (χ3v) is 4.43. The molecule has 9 heteroatoms. The fourth-order valence-corrected chi connectivity index (χ4v) is 3.06. The van der Waals surface area contributed by atoms with Crippen LogP contribution in [0.15, 0.2) is 36.7 Å². The minimum atomic E-state index is -4.43. The number of hydrogen-bond acceptors (Lipinski definition) is 5. The summed E-state index contributed by atoms with van der Waals surface area (Å²) in [5.41, 5.74) is -0.421. The standard InChI is InChI=1S/C19H20F3N3O3/c1-27-16-10-23-11-17(24-16)28-15-6-3-7-25(12-15)18(26)9-13-4-2-5-14(8-13)19(20,21)22/h2,4-5,8,10-11,15H,3,6-7,9,12H2,1H3. The molecule has 0 spiro atoms. The number of halogens is 3. The third kappa shape index (κ3) is 5.11. The lowest BCUT2D eigenvalue weighted by molar-refractivity contribution is -0.138. The number of alkyl halides is 3. The molecule has 0 N–H and O–H groups in total. The van der Waals surface area contributed by atoms with Crippen LogP contribution >= 0.6 is 0 Å². The first-order valence-corrected chi connectivity index (χ1v) is 8.82. The highest BCUT2D eigenvalue weighted by atomic mass is 19.4. The maximum Gasteiger partial charge on any atom is 0.416 e. The molecule has 0 saturated carbocycles. The van der Waals surface area contributed by atoms with Crippen LogP contribution in [-0.2, 0) is 17.4 Å². The van der Waals surface area contributed by atoms with E-state index in [1.807, 2.05) is 0 Å². The van der Waals surface area contributed by atoms with E-state index in [1.54, 1.807) is 4.90 Å². The van der Waals surface area contributed by atoms with Crippen LogP contribution in [-0.4, -0.2) is 47.1 Å². The van der Waals surface area contributed by atoms with E-state index in [0.29, 0.717) is 30.4 Å². The molecule has 150 valence electrons. The molecule has 1 amide bonds. The van der Waals surface area contributed by atoms with Gasteiger partial charge in [-0.1, -0.05) is 18.2 Å². The van der Waals surface area contributed by atoms with Crippen LogP contribution in [0.25, 0.3) is 0 Å². The van der Waals surface area contributed by atoms with Gasteiger partial charge in [0.05, 0.1) is 38.0 Å². The molecule has 2 heterocycles. The molecule has 1 saturated heterocycles. The van der Waals surface area contributed by atoms with Crippen LogP contribution in [0, 0.1) is 0 Å². The molecule has 0 bridgehead atoms. The minimum Gasteiger partial charge on any atom is -0.480 e. The fourth-order valence-electron chi connectivity index (χ4n) is 3.06. The van der Waals surface area contributed by atoms with Gasteiger partial charge in [-0.3, -0.25) is 9.78 Å². The van der Waals surface area contributed by atoms with Crippen LogP contribution in [0.1, 0.15) is 24.0 Å². The van der Waals surface area contributed by atoms with Crippen molar-refractivity contribution in [3.63, 3.8) is 0 Å². The summed E-state index contributed by atoms with van der Waals surface area (Å²) >= 11 is 0. The molecule has 1 fully saturated rings. The number of aromatic nitrogens is 2. The number of hydrogen-bond donors (Lipinski definition) is 0. The molecule has 0 aliphatic carbocycles. The predicted octanol–water partition coefficient (Wildman–Crippen LogP) is 3.12. The number of carbonyl (C=O) groups excluding carboxylic acids is 1. The average Bonchev–Trinajstić information content (AvgIpc) is 2.68. The average molecular weight is 395 g/mol. The van der Waals surface area contributed by atoms with Crippen LogP contribution < -0.4 is 9.47 Å². The van der Waals surface area contributed by atoms with Gasteiger partial charge in [0, 0.05) is 6.54 Å². The Hall–Kier alpha value is -2.84. The molecule has 3 rings (SSSR count). The number of likely N-dealkylation sites (tertiary alicyclic amines) is 1. The predicted molar refractivity (Wildman–Crippen MR) is 94.0 cm³/mol. The van der Waals surface area contributed by atoms with Crippen molar-refractivity contribution in [3.05, 3.63) is 47.8 Å². The van der Waals surface area contributed by atoms with Crippen LogP contribution in [0.3, 0.4) is 0 Å². The fraction of sp³-hybridized carbons (Fsp3) is 0.421. The second-order valence-electron chi connectivity index (χ2n) is 6.50. The van der Waals surface area contributed by atoms with Gasteiger partial charge in [0.2, 0.25) is 17.7 Å². The molecule has 1 atom stereocenters. The maximum absolute atomic E-state index is 12.8. The lowest BCUT2D eigenvalue weighted by Crippen LogP contribution is -2.45. The quantitative estimate of drug-likeness (QED) is 0.778. The second kappa shape index (κ2) is 8.45. The molecular formula is C19H20F3N3O3. The molecule has 1 aliphatic rings. The SMILES string of the molecule is COc1cncc(OC2CCCN(C(=O)Cc3cccc(C(F)(F)F)c3)C2)n1. The van der Waals surface area contributed by atoms with Crippen LogP contribution in [0.5, 0.6) is 11.8 Å². The topological polar surface area (TPSA) is 64.6 Å². The first kappa shape index (κ1) is 19.9. The van der Waals surface area contributed by atoms with Crippen molar-refractivity contribution in [1.82, 2.24) is 14.9 Å². The van der Waals surface area contributed by atoms with E-state index in [4.69, 9.17) is 9.47 Å². The number of nitrogens with zero attached hydrogens (tertiary/aromatic N) is 3. The zero-order chi connectivity index (χ0) is 20.1. The largest absolute Gasteiger partial charge is 0.480 e. The Morgan fingerprint density at radius 1 is 1.29 bits per heavy atom. The Balaban J connectivity index is 1.61. The first-order chi connectivity index (χ1) is 13.3. The van der Waals surface area contributed by atoms with E-state index in [-0.39, 0.29) is 18.4 Å². The van der Waals surface area contributed by atoms with Gasteiger partial charge in [-0.15, -0.1) is 0 Å². The molecule has 1 aromatic heterocycles. The van der Waals surface area contributed by atoms with Crippen molar-refractivity contribution in [2.45, 2.75) is 31.5 Å². The van der Waals surface area contributed by atoms with Crippen molar-refractivity contribution in [2.75, 3.05) is 20.2 Å². The Kier molecular flexibility index (Phi) is 6.01. The maximum atomic E-state index is 12.8. The highest BCUT2D eigenvalue weighted by Crippen LogP contribution is 2.29. The molecule has 28 heavy (non-hydrogen) atoms. The normalized spacial score (nSPS) is 17.3. The van der Waals surface area contributed by atoms with Crippen molar-refractivity contribution in [1.29, 1.82) is 0 Å². The van der Waals surface area contributed by atoms with E-state index in [1.165, 1.54) is 31.6 Å². The van der Waals surface area contributed by atoms with Crippen LogP contribution in [0.4, 0.5) is 13.2 Å². The smallest absolute Gasteiger partial charge is 0.416 e. The van der Waals surface area contributed by atoms with E-state index in [0.717, 1.165) is 25.0 Å². The molecule has 1 aliphatic heterocycles. The first-order valence-electron chi connectivity index (χ1n) is 8.82. The summed E-state index contributed by atoms with van der Waals surface area (Å²) in [5, 5.41) is 0. The number of amides is 1. The summed E-state index contributed by atoms with van der Waals surface area (Å²) in [7, 11) is 1.47. The second-order valence-corrected chi connectivity index (χ2v) is 6.50. The van der Waals surface area contributed by atoms with Crippen LogP contribution in [0.2, 0.25) is 0 Å². The molecule has 1 unspecified atom stereocenters. The van der Waals surface area contributed by atoms with Gasteiger partial charge in [-0.2, -0.15) is 18.2 Å². The lowest BCUT2D eigenvalue weighted by Gasteiger charge is -2.32. The van der Waals surface area contributed by atoms with Gasteiger partial charge in [-0.25, -0.2) is 0 Å². The van der Waals surface area contributed by atoms with Gasteiger partial charge in [0.15, 0.2) is 0 Å². The summed E-state index contributed by atoms with van der Waals surface area (Å²) in [6, 6.07) is 4.85. The van der Waals surface area contributed by atoms with Crippen molar-refractivity contribution in [3.8, 4) is 11.8 Å². The van der Waals surface area contributed by atoms with E-state index in [9.17, 15) is 18.0 Å². The number of piperidine rings is 1. The summed E-state index contributed by atoms with van der Waals surface area (Å²) in [6.45, 7) is 0.887. The summed E-state index contributed by atoms with van der Waals surface area (Å²) in [4.78, 5) is 22.3. The highest BCUT2D eigenvalue weighted by molar-refractivity contribution is 5.79. The van der Waals surface area contributed by atoms with Gasteiger partial charge >= 0.3 is 6.18 Å².